The normalized spacial score (nSPS) is 12.7. The van der Waals surface area contributed by atoms with Crippen molar-refractivity contribution in [2.45, 2.75) is 6.04 Å². The molecular weight excluding hydrogens is 232 g/mol. The quantitative estimate of drug-likeness (QED) is 0.638. The number of hydrogen-bond donors (Lipinski definition) is 2. The highest BCUT2D eigenvalue weighted by molar-refractivity contribution is 7.09. The Morgan fingerprint density at radius 1 is 1.31 bits per heavy atom. The maximum Gasteiger partial charge on any atom is 0.159 e. The lowest BCUT2D eigenvalue weighted by Gasteiger charge is -2.14. The number of hydrazine groups is 1. The van der Waals surface area contributed by atoms with Gasteiger partial charge in [-0.1, -0.05) is 6.07 Å². The maximum absolute atomic E-state index is 13.1. The SMILES string of the molecule is NNC(c1ccc(F)c(F)c1)c1cncs1. The maximum atomic E-state index is 13.1. The van der Waals surface area contributed by atoms with E-state index in [0.717, 1.165) is 17.0 Å². The van der Waals surface area contributed by atoms with Crippen LogP contribution in [-0.2, 0) is 0 Å². The van der Waals surface area contributed by atoms with E-state index in [1.54, 1.807) is 11.7 Å². The number of halogens is 2. The molecule has 84 valence electrons. The predicted molar refractivity (Wildman–Crippen MR) is 57.6 cm³/mol. The molecule has 0 saturated carbocycles. The van der Waals surface area contributed by atoms with E-state index in [1.807, 2.05) is 0 Å². The van der Waals surface area contributed by atoms with E-state index in [-0.39, 0.29) is 6.04 Å². The van der Waals surface area contributed by atoms with Crippen LogP contribution in [0, 0.1) is 11.6 Å². The van der Waals surface area contributed by atoms with Gasteiger partial charge in [0.15, 0.2) is 11.6 Å². The second kappa shape index (κ2) is 4.65. The van der Waals surface area contributed by atoms with Gasteiger partial charge in [0.05, 0.1) is 11.6 Å². The van der Waals surface area contributed by atoms with Gasteiger partial charge in [0.25, 0.3) is 0 Å². The molecule has 1 heterocycles. The van der Waals surface area contributed by atoms with Crippen molar-refractivity contribution in [2.75, 3.05) is 0 Å². The zero-order chi connectivity index (χ0) is 11.5. The standard InChI is InChI=1S/C10H9F2N3S/c11-7-2-1-6(3-8(7)12)10(15-13)9-4-14-5-16-9/h1-5,10,15H,13H2. The summed E-state index contributed by atoms with van der Waals surface area (Å²) in [6.45, 7) is 0. The summed E-state index contributed by atoms with van der Waals surface area (Å²) in [6, 6.07) is 3.32. The Hall–Kier alpha value is -1.37. The molecule has 0 aliphatic rings. The molecule has 0 aliphatic carbocycles. The number of aromatic nitrogens is 1. The van der Waals surface area contributed by atoms with E-state index in [4.69, 9.17) is 5.84 Å². The summed E-state index contributed by atoms with van der Waals surface area (Å²) in [5.41, 5.74) is 4.76. The van der Waals surface area contributed by atoms with Crippen LogP contribution < -0.4 is 11.3 Å². The van der Waals surface area contributed by atoms with Gasteiger partial charge in [0.1, 0.15) is 0 Å². The van der Waals surface area contributed by atoms with E-state index in [1.165, 1.54) is 17.4 Å². The number of benzene rings is 1. The summed E-state index contributed by atoms with van der Waals surface area (Å²) in [5, 5.41) is 0. The van der Waals surface area contributed by atoms with Crippen molar-refractivity contribution in [3.63, 3.8) is 0 Å². The molecule has 1 aromatic heterocycles. The minimum Gasteiger partial charge on any atom is -0.271 e. The monoisotopic (exact) mass is 241 g/mol. The van der Waals surface area contributed by atoms with Crippen molar-refractivity contribution in [3.8, 4) is 0 Å². The lowest BCUT2D eigenvalue weighted by Crippen LogP contribution is -2.28. The summed E-state index contributed by atoms with van der Waals surface area (Å²) in [6.07, 6.45) is 1.64. The number of hydrogen-bond acceptors (Lipinski definition) is 4. The first-order chi connectivity index (χ1) is 7.72. The highest BCUT2D eigenvalue weighted by atomic mass is 32.1. The van der Waals surface area contributed by atoms with Crippen LogP contribution in [0.1, 0.15) is 16.5 Å². The first-order valence-corrected chi connectivity index (χ1v) is 5.40. The molecule has 0 amide bonds. The fourth-order valence-electron chi connectivity index (χ4n) is 1.40. The Morgan fingerprint density at radius 2 is 2.12 bits per heavy atom. The van der Waals surface area contributed by atoms with Gasteiger partial charge < -0.3 is 0 Å². The fraction of sp³-hybridized carbons (Fsp3) is 0.100. The minimum atomic E-state index is -0.887. The number of nitrogens with zero attached hydrogens (tertiary/aromatic N) is 1. The summed E-state index contributed by atoms with van der Waals surface area (Å²) in [4.78, 5) is 4.75. The van der Waals surface area contributed by atoms with Crippen LogP contribution in [0.25, 0.3) is 0 Å². The molecule has 3 nitrogen and oxygen atoms in total. The molecular formula is C10H9F2N3S. The van der Waals surface area contributed by atoms with Crippen molar-refractivity contribution in [1.82, 2.24) is 10.4 Å². The third-order valence-electron chi connectivity index (χ3n) is 2.18. The Morgan fingerprint density at radius 3 is 2.69 bits per heavy atom. The van der Waals surface area contributed by atoms with Gasteiger partial charge in [0, 0.05) is 11.1 Å². The lowest BCUT2D eigenvalue weighted by molar-refractivity contribution is 0.504. The van der Waals surface area contributed by atoms with Crippen molar-refractivity contribution in [1.29, 1.82) is 0 Å². The molecule has 0 aliphatic heterocycles. The molecule has 3 N–H and O–H groups in total. The van der Waals surface area contributed by atoms with Crippen LogP contribution in [0.2, 0.25) is 0 Å². The van der Waals surface area contributed by atoms with Crippen molar-refractivity contribution < 1.29 is 8.78 Å². The van der Waals surface area contributed by atoms with Gasteiger partial charge in [-0.3, -0.25) is 10.8 Å². The second-order valence-corrected chi connectivity index (χ2v) is 4.09. The number of thiazole rings is 1. The molecule has 0 bridgehead atoms. The van der Waals surface area contributed by atoms with Gasteiger partial charge in [-0.25, -0.2) is 14.2 Å². The first kappa shape index (κ1) is 11.1. The zero-order valence-corrected chi connectivity index (χ0v) is 8.97. The third kappa shape index (κ3) is 2.08. The summed E-state index contributed by atoms with van der Waals surface area (Å²) >= 11 is 1.39. The van der Waals surface area contributed by atoms with Gasteiger partial charge in [-0.05, 0) is 17.7 Å². The largest absolute Gasteiger partial charge is 0.271 e. The van der Waals surface area contributed by atoms with E-state index in [0.29, 0.717) is 5.56 Å². The molecule has 0 radical (unpaired) electrons. The molecule has 0 fully saturated rings. The smallest absolute Gasteiger partial charge is 0.159 e. The molecule has 16 heavy (non-hydrogen) atoms. The Balaban J connectivity index is 2.37. The Bertz CT molecular complexity index is 473. The Labute approximate surface area is 94.9 Å². The molecule has 2 rings (SSSR count). The van der Waals surface area contributed by atoms with Crippen LogP contribution in [0.3, 0.4) is 0 Å². The average molecular weight is 241 g/mol. The molecule has 1 aromatic carbocycles. The first-order valence-electron chi connectivity index (χ1n) is 4.52. The second-order valence-electron chi connectivity index (χ2n) is 3.18. The average Bonchev–Trinajstić information content (AvgIpc) is 2.78. The van der Waals surface area contributed by atoms with E-state index >= 15 is 0 Å². The van der Waals surface area contributed by atoms with Crippen molar-refractivity contribution >= 4 is 11.3 Å². The fourth-order valence-corrected chi connectivity index (χ4v) is 2.11. The number of rotatable bonds is 3. The molecule has 1 unspecified atom stereocenters. The molecule has 0 saturated heterocycles. The lowest BCUT2D eigenvalue weighted by atomic mass is 10.1. The van der Waals surface area contributed by atoms with Crippen LogP contribution >= 0.6 is 11.3 Å². The molecule has 2 aromatic rings. The van der Waals surface area contributed by atoms with E-state index in [2.05, 4.69) is 10.4 Å². The van der Waals surface area contributed by atoms with Crippen molar-refractivity contribution in [2.24, 2.45) is 5.84 Å². The van der Waals surface area contributed by atoms with Gasteiger partial charge in [-0.2, -0.15) is 0 Å². The van der Waals surface area contributed by atoms with Crippen LogP contribution in [0.5, 0.6) is 0 Å². The van der Waals surface area contributed by atoms with Gasteiger partial charge in [0.2, 0.25) is 0 Å². The summed E-state index contributed by atoms with van der Waals surface area (Å²) in [7, 11) is 0. The van der Waals surface area contributed by atoms with Crippen LogP contribution in [0.4, 0.5) is 8.78 Å². The number of nitrogens with two attached hydrogens (primary N) is 1. The summed E-state index contributed by atoms with van der Waals surface area (Å²) in [5.74, 6) is 3.64. The van der Waals surface area contributed by atoms with Gasteiger partial charge in [-0.15, -0.1) is 11.3 Å². The highest BCUT2D eigenvalue weighted by Crippen LogP contribution is 2.25. The minimum absolute atomic E-state index is 0.373. The third-order valence-corrected chi connectivity index (χ3v) is 3.02. The molecule has 1 atom stereocenters. The topological polar surface area (TPSA) is 50.9 Å². The molecule has 0 spiro atoms. The van der Waals surface area contributed by atoms with Gasteiger partial charge >= 0.3 is 0 Å². The summed E-state index contributed by atoms with van der Waals surface area (Å²) < 4.78 is 25.8. The number of nitrogens with one attached hydrogen (secondary N) is 1. The van der Waals surface area contributed by atoms with Crippen molar-refractivity contribution in [3.05, 3.63) is 52.0 Å². The zero-order valence-electron chi connectivity index (χ0n) is 8.15. The Kier molecular flexibility index (Phi) is 3.23. The van der Waals surface area contributed by atoms with E-state index in [9.17, 15) is 8.78 Å². The van der Waals surface area contributed by atoms with Crippen LogP contribution in [-0.4, -0.2) is 4.98 Å². The predicted octanol–water partition coefficient (Wildman–Crippen LogP) is 1.97. The van der Waals surface area contributed by atoms with E-state index < -0.39 is 11.6 Å². The highest BCUT2D eigenvalue weighted by Gasteiger charge is 2.15. The molecule has 6 heteroatoms. The van der Waals surface area contributed by atoms with Crippen LogP contribution in [0.15, 0.2) is 29.9 Å².